The summed E-state index contributed by atoms with van der Waals surface area (Å²) in [6, 6.07) is 4.56. The Balaban J connectivity index is 2.68. The summed E-state index contributed by atoms with van der Waals surface area (Å²) < 4.78 is 4.85. The highest BCUT2D eigenvalue weighted by molar-refractivity contribution is 7.80. The first-order valence-electron chi connectivity index (χ1n) is 3.65. The van der Waals surface area contributed by atoms with E-state index in [2.05, 4.69) is 17.9 Å². The summed E-state index contributed by atoms with van der Waals surface area (Å²) in [5.41, 5.74) is 0. The van der Waals surface area contributed by atoms with E-state index in [1.165, 1.54) is 6.07 Å². The highest BCUT2D eigenvalue weighted by Gasteiger charge is 2.04. The van der Waals surface area contributed by atoms with Crippen molar-refractivity contribution in [3.63, 3.8) is 0 Å². The molecular formula is C8H7Cl2NO2S. The molecule has 1 aromatic rings. The van der Waals surface area contributed by atoms with Crippen LogP contribution in [0.25, 0.3) is 0 Å². The molecule has 0 heterocycles. The molecule has 0 aliphatic heterocycles. The topological polar surface area (TPSA) is 38.3 Å². The van der Waals surface area contributed by atoms with E-state index in [1.54, 1.807) is 12.1 Å². The Kier molecular flexibility index (Phi) is 4.38. The molecule has 1 amide bonds. The average Bonchev–Trinajstić information content (AvgIpc) is 2.12. The van der Waals surface area contributed by atoms with Gasteiger partial charge in [0.15, 0.2) is 0 Å². The van der Waals surface area contributed by atoms with Gasteiger partial charge in [0.1, 0.15) is 5.75 Å². The minimum atomic E-state index is -0.585. The predicted molar refractivity (Wildman–Crippen MR) is 59.5 cm³/mol. The maximum absolute atomic E-state index is 11.0. The van der Waals surface area contributed by atoms with E-state index in [0.29, 0.717) is 15.8 Å². The summed E-state index contributed by atoms with van der Waals surface area (Å²) in [6.45, 7) is 0. The predicted octanol–water partition coefficient (Wildman–Crippen LogP) is 2.97. The molecule has 0 bridgehead atoms. The Morgan fingerprint density at radius 1 is 1.43 bits per heavy atom. The molecule has 0 aliphatic carbocycles. The molecule has 0 saturated heterocycles. The second-order valence-electron chi connectivity index (χ2n) is 2.30. The molecular weight excluding hydrogens is 245 g/mol. The van der Waals surface area contributed by atoms with E-state index in [4.69, 9.17) is 27.9 Å². The van der Waals surface area contributed by atoms with Gasteiger partial charge in [-0.25, -0.2) is 4.79 Å². The van der Waals surface area contributed by atoms with Gasteiger partial charge in [-0.1, -0.05) is 23.2 Å². The lowest BCUT2D eigenvalue weighted by Gasteiger charge is -2.04. The second kappa shape index (κ2) is 5.34. The van der Waals surface area contributed by atoms with E-state index in [0.717, 1.165) is 0 Å². The van der Waals surface area contributed by atoms with Crippen molar-refractivity contribution in [2.75, 3.05) is 5.88 Å². The van der Waals surface area contributed by atoms with Crippen LogP contribution in [0.4, 0.5) is 4.79 Å². The van der Waals surface area contributed by atoms with Gasteiger partial charge in [0, 0.05) is 6.07 Å². The van der Waals surface area contributed by atoms with Gasteiger partial charge >= 0.3 is 6.09 Å². The summed E-state index contributed by atoms with van der Waals surface area (Å²) in [7, 11) is 0. The van der Waals surface area contributed by atoms with Gasteiger partial charge < -0.3 is 10.1 Å². The number of hydrogen-bond donors (Lipinski definition) is 2. The smallest absolute Gasteiger partial charge is 0.410 e. The molecule has 0 atom stereocenters. The van der Waals surface area contributed by atoms with E-state index in [-0.39, 0.29) is 5.88 Å². The molecule has 0 spiro atoms. The summed E-state index contributed by atoms with van der Waals surface area (Å²) in [5.74, 6) is 0.541. The van der Waals surface area contributed by atoms with Crippen molar-refractivity contribution >= 4 is 41.9 Å². The molecule has 0 radical (unpaired) electrons. The minimum absolute atomic E-state index is 0.208. The molecule has 0 fully saturated rings. The molecule has 1 aromatic carbocycles. The van der Waals surface area contributed by atoms with Crippen molar-refractivity contribution in [2.24, 2.45) is 0 Å². The van der Waals surface area contributed by atoms with Gasteiger partial charge in [-0.3, -0.25) is 0 Å². The highest BCUT2D eigenvalue weighted by Crippen LogP contribution is 2.26. The summed E-state index contributed by atoms with van der Waals surface area (Å²) >= 11 is 15.2. The first-order chi connectivity index (χ1) is 6.63. The third-order valence-electron chi connectivity index (χ3n) is 1.33. The maximum Gasteiger partial charge on any atom is 0.413 e. The van der Waals surface area contributed by atoms with Crippen molar-refractivity contribution in [3.05, 3.63) is 28.2 Å². The lowest BCUT2D eigenvalue weighted by Crippen LogP contribution is -2.25. The van der Waals surface area contributed by atoms with Crippen molar-refractivity contribution in [1.29, 1.82) is 0 Å². The Labute approximate surface area is 96.7 Å². The molecule has 3 nitrogen and oxygen atoms in total. The van der Waals surface area contributed by atoms with Gasteiger partial charge in [-0.15, -0.1) is 0 Å². The summed E-state index contributed by atoms with van der Waals surface area (Å²) in [4.78, 5) is 11.0. The average molecular weight is 252 g/mol. The molecule has 0 aliphatic rings. The van der Waals surface area contributed by atoms with E-state index >= 15 is 0 Å². The van der Waals surface area contributed by atoms with E-state index < -0.39 is 6.09 Å². The number of thiol groups is 1. The third-order valence-corrected chi connectivity index (χ3v) is 2.22. The molecule has 1 N–H and O–H groups in total. The number of nitrogens with one attached hydrogen (secondary N) is 1. The van der Waals surface area contributed by atoms with Crippen molar-refractivity contribution in [1.82, 2.24) is 5.32 Å². The van der Waals surface area contributed by atoms with Gasteiger partial charge in [-0.2, -0.15) is 12.6 Å². The Morgan fingerprint density at radius 3 is 2.71 bits per heavy atom. The monoisotopic (exact) mass is 251 g/mol. The number of carbonyl (C=O) groups excluding carboxylic acids is 1. The van der Waals surface area contributed by atoms with Crippen molar-refractivity contribution < 1.29 is 9.53 Å². The van der Waals surface area contributed by atoms with Crippen molar-refractivity contribution in [3.8, 4) is 5.75 Å². The molecule has 14 heavy (non-hydrogen) atoms. The van der Waals surface area contributed by atoms with Crippen LogP contribution in [0.2, 0.25) is 10.0 Å². The molecule has 0 saturated carbocycles. The van der Waals surface area contributed by atoms with E-state index in [9.17, 15) is 4.79 Å². The Bertz CT molecular complexity index is 346. The fourth-order valence-corrected chi connectivity index (χ4v) is 1.17. The lowest BCUT2D eigenvalue weighted by molar-refractivity contribution is 0.202. The zero-order valence-electron chi connectivity index (χ0n) is 6.96. The van der Waals surface area contributed by atoms with Crippen molar-refractivity contribution in [2.45, 2.75) is 0 Å². The zero-order valence-corrected chi connectivity index (χ0v) is 9.37. The largest absolute Gasteiger partial charge is 0.413 e. The third kappa shape index (κ3) is 3.29. The first kappa shape index (κ1) is 11.5. The number of hydrogen-bond acceptors (Lipinski definition) is 3. The minimum Gasteiger partial charge on any atom is -0.410 e. The van der Waals surface area contributed by atoms with Crippen LogP contribution in [0.3, 0.4) is 0 Å². The van der Waals surface area contributed by atoms with Crippen LogP contribution >= 0.6 is 35.8 Å². The second-order valence-corrected chi connectivity index (χ2v) is 3.43. The van der Waals surface area contributed by atoms with Crippen LogP contribution in [0, 0.1) is 0 Å². The molecule has 0 aromatic heterocycles. The van der Waals surface area contributed by atoms with Crippen LogP contribution in [0.5, 0.6) is 5.75 Å². The molecule has 76 valence electrons. The normalized spacial score (nSPS) is 9.64. The quantitative estimate of drug-likeness (QED) is 0.627. The van der Waals surface area contributed by atoms with Crippen LogP contribution < -0.4 is 10.1 Å². The number of amides is 1. The fraction of sp³-hybridized carbons (Fsp3) is 0.125. The number of ether oxygens (including phenoxy) is 1. The highest BCUT2D eigenvalue weighted by atomic mass is 35.5. The van der Waals surface area contributed by atoms with Gasteiger partial charge in [0.2, 0.25) is 0 Å². The van der Waals surface area contributed by atoms with Gasteiger partial charge in [0.05, 0.1) is 15.9 Å². The van der Waals surface area contributed by atoms with Gasteiger partial charge in [0.25, 0.3) is 0 Å². The Morgan fingerprint density at radius 2 is 2.14 bits per heavy atom. The van der Waals surface area contributed by atoms with E-state index in [1.807, 2.05) is 0 Å². The number of benzene rings is 1. The number of rotatable bonds is 2. The maximum atomic E-state index is 11.0. The lowest BCUT2D eigenvalue weighted by atomic mass is 10.3. The zero-order chi connectivity index (χ0) is 10.6. The van der Waals surface area contributed by atoms with Crippen LogP contribution in [-0.4, -0.2) is 12.0 Å². The van der Waals surface area contributed by atoms with Crippen LogP contribution in [-0.2, 0) is 0 Å². The fourth-order valence-electron chi connectivity index (χ4n) is 0.748. The number of halogens is 2. The Hall–Kier alpha value is -0.580. The first-order valence-corrected chi connectivity index (χ1v) is 5.04. The molecule has 1 rings (SSSR count). The SMILES string of the molecule is O=C(NCS)Oc1ccc(Cl)c(Cl)c1. The number of carbonyl (C=O) groups is 1. The standard InChI is InChI=1S/C8H7Cl2NO2S/c9-6-2-1-5(3-7(6)10)13-8(12)11-4-14/h1-3,14H,4H2,(H,11,12). The molecule has 0 unspecified atom stereocenters. The van der Waals surface area contributed by atoms with Gasteiger partial charge in [-0.05, 0) is 12.1 Å². The summed E-state index contributed by atoms with van der Waals surface area (Å²) in [6.07, 6.45) is -0.585. The summed E-state index contributed by atoms with van der Waals surface area (Å²) in [5, 5.41) is 3.10. The molecule has 6 heteroatoms. The van der Waals surface area contributed by atoms with Crippen LogP contribution in [0.1, 0.15) is 0 Å². The van der Waals surface area contributed by atoms with Crippen LogP contribution in [0.15, 0.2) is 18.2 Å².